The van der Waals surface area contributed by atoms with Crippen LogP contribution < -0.4 is 20.7 Å². The lowest BCUT2D eigenvalue weighted by Gasteiger charge is -2.48. The number of hydroxylamine groups is 2. The Morgan fingerprint density at radius 1 is 0.690 bits per heavy atom. The third-order valence-corrected chi connectivity index (χ3v) is 23.6. The van der Waals surface area contributed by atoms with Gasteiger partial charge in [-0.25, -0.2) is 5.06 Å². The van der Waals surface area contributed by atoms with Crippen LogP contribution in [0.1, 0.15) is 99.3 Å². The number of carbonyl (C=O) groups excluding carboxylic acids is 1. The number of amides is 1. The van der Waals surface area contributed by atoms with Crippen molar-refractivity contribution in [3.05, 3.63) is 121 Å². The lowest BCUT2D eigenvalue weighted by Crippen LogP contribution is -2.68. The monoisotopic (exact) mass is 819 g/mol. The Morgan fingerprint density at radius 3 is 1.53 bits per heavy atom. The minimum atomic E-state index is -2.98. The Bertz CT molecular complexity index is 1780. The van der Waals surface area contributed by atoms with E-state index in [0.29, 0.717) is 12.3 Å². The first-order valence-electron chi connectivity index (χ1n) is 21.8. The van der Waals surface area contributed by atoms with E-state index in [2.05, 4.69) is 163 Å². The number of benzene rings is 4. The van der Waals surface area contributed by atoms with E-state index in [9.17, 15) is 9.90 Å². The molecule has 2 aliphatic carbocycles. The lowest BCUT2D eigenvalue weighted by molar-refractivity contribution is -0.170. The average Bonchev–Trinajstić information content (AvgIpc) is 3.52. The lowest BCUT2D eigenvalue weighted by atomic mass is 9.80. The van der Waals surface area contributed by atoms with Crippen molar-refractivity contribution in [1.82, 2.24) is 5.06 Å². The van der Waals surface area contributed by atoms with Gasteiger partial charge >= 0.3 is 0 Å². The number of aliphatic hydroxyl groups excluding tert-OH is 1. The van der Waals surface area contributed by atoms with Crippen LogP contribution in [0.5, 0.6) is 0 Å². The molecule has 0 aliphatic heterocycles. The molecule has 0 saturated heterocycles. The summed E-state index contributed by atoms with van der Waals surface area (Å²) < 4.78 is 15.9. The third-order valence-electron chi connectivity index (χ3n) is 13.5. The molecule has 1 amide bonds. The topological polar surface area (TPSA) is 68.2 Å². The molecule has 8 heteroatoms. The van der Waals surface area contributed by atoms with Crippen molar-refractivity contribution in [1.29, 1.82) is 0 Å². The van der Waals surface area contributed by atoms with E-state index in [1.165, 1.54) is 52.2 Å². The minimum absolute atomic E-state index is 0.0101. The molecule has 6 rings (SSSR count). The normalized spacial score (nSPS) is 21.5. The van der Waals surface area contributed by atoms with Crippen LogP contribution in [0.15, 0.2) is 121 Å². The third kappa shape index (κ3) is 9.18. The maximum atomic E-state index is 13.7. The van der Waals surface area contributed by atoms with Crippen LogP contribution in [0.3, 0.4) is 0 Å². The molecular weight excluding hydrogens is 751 g/mol. The zero-order valence-corrected chi connectivity index (χ0v) is 38.4. The van der Waals surface area contributed by atoms with Gasteiger partial charge in [0.05, 0.1) is 19.3 Å². The molecule has 0 bridgehead atoms. The number of rotatable bonds is 15. The molecule has 0 spiro atoms. The summed E-state index contributed by atoms with van der Waals surface area (Å²) in [5.74, 6) is -0.0552. The van der Waals surface area contributed by atoms with Gasteiger partial charge in [0.25, 0.3) is 16.6 Å². The van der Waals surface area contributed by atoms with E-state index >= 15 is 0 Å². The number of carbonyl (C=O) groups is 1. The second-order valence-electron chi connectivity index (χ2n) is 19.0. The van der Waals surface area contributed by atoms with E-state index in [1.807, 2.05) is 0 Å². The van der Waals surface area contributed by atoms with E-state index in [0.717, 1.165) is 25.7 Å². The standard InChI is InChI=1S/C50H69NO5Si2/c1-49(2,3)57(39-26-16-10-17-27-39,40-28-18-11-19-29-40)55-46(38-24-14-9-15-25-38)35-34-43-44(36-48(53)51(7)54-8)45(52)37-47(43)56-58(50(4,5)6,41-30-20-12-21-31-41)42-32-22-13-23-33-42/h10-13,16-23,26-33,38,43-47,52H,9,14-15,24-25,34-37H2,1-8H3/t43-,44-,45+,46-,47-/m1/s1. The van der Waals surface area contributed by atoms with Gasteiger partial charge in [0.1, 0.15) is 0 Å². The Hall–Kier alpha value is -3.38. The number of hydrogen-bond donors (Lipinski definition) is 1. The highest BCUT2D eigenvalue weighted by Crippen LogP contribution is 2.47. The Balaban J connectivity index is 1.44. The van der Waals surface area contributed by atoms with Crippen LogP contribution in [0.4, 0.5) is 0 Å². The smallest absolute Gasteiger partial charge is 0.261 e. The molecule has 4 aromatic rings. The van der Waals surface area contributed by atoms with Gasteiger partial charge in [0.2, 0.25) is 5.91 Å². The molecule has 0 heterocycles. The van der Waals surface area contributed by atoms with E-state index in [1.54, 1.807) is 7.05 Å². The van der Waals surface area contributed by atoms with E-state index in [4.69, 9.17) is 13.7 Å². The molecule has 0 aromatic heterocycles. The Morgan fingerprint density at radius 2 is 1.12 bits per heavy atom. The van der Waals surface area contributed by atoms with E-state index in [-0.39, 0.29) is 46.4 Å². The number of aliphatic hydroxyl groups is 1. The van der Waals surface area contributed by atoms with Crippen LogP contribution >= 0.6 is 0 Å². The highest BCUT2D eigenvalue weighted by atomic mass is 28.4. The summed E-state index contributed by atoms with van der Waals surface area (Å²) in [6.45, 7) is 14.0. The maximum Gasteiger partial charge on any atom is 0.261 e. The van der Waals surface area contributed by atoms with Gasteiger partial charge in [-0.1, -0.05) is 182 Å². The molecule has 2 fully saturated rings. The minimum Gasteiger partial charge on any atom is -0.404 e. The predicted molar refractivity (Wildman–Crippen MR) is 243 cm³/mol. The molecule has 1 N–H and O–H groups in total. The summed E-state index contributed by atoms with van der Waals surface area (Å²) in [5, 5.41) is 18.0. The fraction of sp³-hybridized carbons (Fsp3) is 0.500. The quantitative estimate of drug-likeness (QED) is 0.0962. The number of hydrogen-bond acceptors (Lipinski definition) is 5. The summed E-state index contributed by atoms with van der Waals surface area (Å²) in [6.07, 6.45) is 7.36. The fourth-order valence-corrected chi connectivity index (χ4v) is 20.0. The largest absolute Gasteiger partial charge is 0.404 e. The SMILES string of the molecule is CON(C)C(=O)C[C@@H]1[C@@H](CC[C@@H](O[Si](c2ccccc2)(c2ccccc2)C(C)(C)C)C2CCCCC2)[C@H](O[Si](c2ccccc2)(c2ccccc2)C(C)(C)C)C[C@@H]1O. The molecule has 58 heavy (non-hydrogen) atoms. The highest BCUT2D eigenvalue weighted by Gasteiger charge is 2.56. The van der Waals surface area contributed by atoms with Crippen LogP contribution in [0.2, 0.25) is 10.1 Å². The summed E-state index contributed by atoms with van der Waals surface area (Å²) >= 11 is 0. The second kappa shape index (κ2) is 18.9. The second-order valence-corrected chi connectivity index (χ2v) is 27.5. The molecular formula is C50H69NO5Si2. The molecule has 0 unspecified atom stereocenters. The first-order chi connectivity index (χ1) is 27.7. The van der Waals surface area contributed by atoms with Crippen molar-refractivity contribution in [2.45, 2.75) is 128 Å². The van der Waals surface area contributed by atoms with Crippen molar-refractivity contribution in [3.63, 3.8) is 0 Å². The molecule has 5 atom stereocenters. The van der Waals surface area contributed by atoms with Gasteiger partial charge in [0.15, 0.2) is 0 Å². The fourth-order valence-electron chi connectivity index (χ4n) is 10.5. The van der Waals surface area contributed by atoms with Gasteiger partial charge < -0.3 is 14.0 Å². The van der Waals surface area contributed by atoms with Gasteiger partial charge in [-0.05, 0) is 80.7 Å². The van der Waals surface area contributed by atoms with Crippen LogP contribution in [0, 0.1) is 17.8 Å². The predicted octanol–water partition coefficient (Wildman–Crippen LogP) is 8.64. The van der Waals surface area contributed by atoms with Gasteiger partial charge in [0, 0.05) is 19.6 Å². The van der Waals surface area contributed by atoms with Crippen molar-refractivity contribution >= 4 is 43.3 Å². The summed E-state index contributed by atoms with van der Waals surface area (Å²) in [5.41, 5.74) is 0. The Kier molecular flexibility index (Phi) is 14.4. The average molecular weight is 820 g/mol. The van der Waals surface area contributed by atoms with Crippen molar-refractivity contribution in [3.8, 4) is 0 Å². The van der Waals surface area contributed by atoms with Crippen LogP contribution in [-0.2, 0) is 18.5 Å². The highest BCUT2D eigenvalue weighted by molar-refractivity contribution is 7.00. The van der Waals surface area contributed by atoms with E-state index < -0.39 is 22.7 Å². The summed E-state index contributed by atoms with van der Waals surface area (Å²) in [4.78, 5) is 19.0. The maximum absolute atomic E-state index is 13.7. The molecule has 2 saturated carbocycles. The van der Waals surface area contributed by atoms with Crippen molar-refractivity contribution < 1.29 is 23.6 Å². The molecule has 6 nitrogen and oxygen atoms in total. The molecule has 312 valence electrons. The van der Waals surface area contributed by atoms with Crippen LogP contribution in [-0.4, -0.2) is 65.2 Å². The van der Waals surface area contributed by atoms with Crippen LogP contribution in [0.25, 0.3) is 0 Å². The molecule has 2 aliphatic rings. The molecule has 4 aromatic carbocycles. The summed E-state index contributed by atoms with van der Waals surface area (Å²) in [7, 11) is -2.67. The zero-order chi connectivity index (χ0) is 41.6. The zero-order valence-electron chi connectivity index (χ0n) is 36.4. The first-order valence-corrected chi connectivity index (χ1v) is 25.6. The Labute approximate surface area is 351 Å². The van der Waals surface area contributed by atoms with Gasteiger partial charge in [-0.2, -0.15) is 0 Å². The van der Waals surface area contributed by atoms with Crippen molar-refractivity contribution in [2.75, 3.05) is 14.2 Å². The van der Waals surface area contributed by atoms with Gasteiger partial charge in [-0.15, -0.1) is 0 Å². The number of nitrogens with zero attached hydrogens (tertiary/aromatic N) is 1. The first kappa shape index (κ1) is 44.2. The van der Waals surface area contributed by atoms with Gasteiger partial charge in [-0.3, -0.25) is 9.63 Å². The molecule has 0 radical (unpaired) electrons. The summed E-state index contributed by atoms with van der Waals surface area (Å²) in [6, 6.07) is 43.6. The van der Waals surface area contributed by atoms with Crippen molar-refractivity contribution in [2.24, 2.45) is 17.8 Å².